The summed E-state index contributed by atoms with van der Waals surface area (Å²) in [5.74, 6) is 0.466. The molecule has 0 radical (unpaired) electrons. The number of hydrogen-bond donors (Lipinski definition) is 0. The normalized spacial score (nSPS) is 15.9. The molecule has 1 aliphatic heterocycles. The van der Waals surface area contributed by atoms with Gasteiger partial charge in [0.15, 0.2) is 6.10 Å². The van der Waals surface area contributed by atoms with Crippen molar-refractivity contribution in [3.05, 3.63) is 78.4 Å². The van der Waals surface area contributed by atoms with Crippen molar-refractivity contribution >= 4 is 5.97 Å². The molecule has 1 atom stereocenters. The first kappa shape index (κ1) is 15.4. The van der Waals surface area contributed by atoms with Crippen molar-refractivity contribution in [1.29, 1.82) is 0 Å². The van der Waals surface area contributed by atoms with Crippen LogP contribution in [-0.4, -0.2) is 21.6 Å². The highest BCUT2D eigenvalue weighted by atomic mass is 16.6. The molecule has 4 rings (SSSR count). The SMILES string of the molecule is O=C(OCc1ccc(-n2ccnc2)cc1)C1CCc2ccccc2O1. The van der Waals surface area contributed by atoms with E-state index in [-0.39, 0.29) is 12.6 Å². The fraction of sp³-hybridized carbons (Fsp3) is 0.200. The third-order valence-corrected chi connectivity index (χ3v) is 4.30. The summed E-state index contributed by atoms with van der Waals surface area (Å²) in [6.07, 6.45) is 6.31. The number of hydrogen-bond acceptors (Lipinski definition) is 4. The van der Waals surface area contributed by atoms with Crippen LogP contribution in [-0.2, 0) is 22.6 Å². The van der Waals surface area contributed by atoms with Crippen molar-refractivity contribution in [3.8, 4) is 11.4 Å². The summed E-state index contributed by atoms with van der Waals surface area (Å²) in [6.45, 7) is 0.241. The van der Waals surface area contributed by atoms with Crippen LogP contribution in [0.1, 0.15) is 17.5 Å². The van der Waals surface area contributed by atoms with Gasteiger partial charge in [-0.1, -0.05) is 30.3 Å². The molecule has 126 valence electrons. The number of rotatable bonds is 4. The third kappa shape index (κ3) is 3.40. The van der Waals surface area contributed by atoms with Crippen LogP contribution in [0.25, 0.3) is 5.69 Å². The molecule has 0 aliphatic carbocycles. The number of carbonyl (C=O) groups is 1. The number of para-hydroxylation sites is 1. The number of benzene rings is 2. The second-order valence-corrected chi connectivity index (χ2v) is 6.00. The molecule has 5 heteroatoms. The van der Waals surface area contributed by atoms with Crippen LogP contribution in [0.3, 0.4) is 0 Å². The molecule has 0 amide bonds. The molecule has 0 saturated heterocycles. The molecule has 2 heterocycles. The first-order valence-electron chi connectivity index (χ1n) is 8.28. The van der Waals surface area contributed by atoms with Crippen molar-refractivity contribution in [2.75, 3.05) is 0 Å². The largest absolute Gasteiger partial charge is 0.478 e. The number of carbonyl (C=O) groups excluding carboxylic acids is 1. The second kappa shape index (κ2) is 6.81. The van der Waals surface area contributed by atoms with Gasteiger partial charge in [-0.05, 0) is 42.2 Å². The van der Waals surface area contributed by atoms with Crippen LogP contribution in [0, 0.1) is 0 Å². The summed E-state index contributed by atoms with van der Waals surface area (Å²) in [7, 11) is 0. The van der Waals surface area contributed by atoms with Crippen molar-refractivity contribution in [1.82, 2.24) is 9.55 Å². The van der Waals surface area contributed by atoms with Gasteiger partial charge in [-0.25, -0.2) is 9.78 Å². The predicted molar refractivity (Wildman–Crippen MR) is 92.5 cm³/mol. The van der Waals surface area contributed by atoms with Crippen LogP contribution < -0.4 is 4.74 Å². The van der Waals surface area contributed by atoms with Crippen molar-refractivity contribution in [2.24, 2.45) is 0 Å². The van der Waals surface area contributed by atoms with E-state index in [0.29, 0.717) is 6.42 Å². The van der Waals surface area contributed by atoms with Crippen LogP contribution in [0.2, 0.25) is 0 Å². The molecular weight excluding hydrogens is 316 g/mol. The van der Waals surface area contributed by atoms with E-state index in [2.05, 4.69) is 4.98 Å². The molecule has 25 heavy (non-hydrogen) atoms. The van der Waals surface area contributed by atoms with Gasteiger partial charge in [0.1, 0.15) is 12.4 Å². The quantitative estimate of drug-likeness (QED) is 0.687. The zero-order chi connectivity index (χ0) is 17.1. The van der Waals surface area contributed by atoms with Gasteiger partial charge in [0.05, 0.1) is 6.33 Å². The molecule has 0 spiro atoms. The van der Waals surface area contributed by atoms with E-state index in [0.717, 1.165) is 29.0 Å². The zero-order valence-corrected chi connectivity index (χ0v) is 13.7. The fourth-order valence-electron chi connectivity index (χ4n) is 2.91. The van der Waals surface area contributed by atoms with Crippen molar-refractivity contribution in [2.45, 2.75) is 25.6 Å². The predicted octanol–water partition coefficient (Wildman–Crippen LogP) is 3.31. The second-order valence-electron chi connectivity index (χ2n) is 6.00. The number of esters is 1. The average Bonchev–Trinajstić information content (AvgIpc) is 3.21. The number of aryl methyl sites for hydroxylation is 1. The zero-order valence-electron chi connectivity index (χ0n) is 13.7. The molecule has 2 aromatic carbocycles. The Bertz CT molecular complexity index is 857. The summed E-state index contributed by atoms with van der Waals surface area (Å²) in [4.78, 5) is 16.3. The Kier molecular flexibility index (Phi) is 4.21. The summed E-state index contributed by atoms with van der Waals surface area (Å²) in [6, 6.07) is 15.6. The Labute approximate surface area is 145 Å². The number of imidazole rings is 1. The highest BCUT2D eigenvalue weighted by Gasteiger charge is 2.27. The van der Waals surface area contributed by atoms with Crippen LogP contribution in [0.4, 0.5) is 0 Å². The van der Waals surface area contributed by atoms with Gasteiger partial charge < -0.3 is 14.0 Å². The van der Waals surface area contributed by atoms with Gasteiger partial charge in [-0.3, -0.25) is 0 Å². The summed E-state index contributed by atoms with van der Waals surface area (Å²) in [5, 5.41) is 0. The molecule has 1 unspecified atom stereocenters. The van der Waals surface area contributed by atoms with E-state index in [1.165, 1.54) is 0 Å². The van der Waals surface area contributed by atoms with E-state index in [4.69, 9.17) is 9.47 Å². The smallest absolute Gasteiger partial charge is 0.347 e. The van der Waals surface area contributed by atoms with Gasteiger partial charge in [-0.15, -0.1) is 0 Å². The maximum absolute atomic E-state index is 12.3. The lowest BCUT2D eigenvalue weighted by Crippen LogP contribution is -2.32. The van der Waals surface area contributed by atoms with Crippen molar-refractivity contribution < 1.29 is 14.3 Å². The minimum Gasteiger partial charge on any atom is -0.478 e. The van der Waals surface area contributed by atoms with Crippen LogP contribution in [0.15, 0.2) is 67.3 Å². The van der Waals surface area contributed by atoms with E-state index >= 15 is 0 Å². The first-order chi connectivity index (χ1) is 12.3. The van der Waals surface area contributed by atoms with Gasteiger partial charge in [-0.2, -0.15) is 0 Å². The number of aromatic nitrogens is 2. The molecule has 0 bridgehead atoms. The third-order valence-electron chi connectivity index (χ3n) is 4.30. The maximum atomic E-state index is 12.3. The topological polar surface area (TPSA) is 53.4 Å². The molecule has 0 N–H and O–H groups in total. The summed E-state index contributed by atoms with van der Waals surface area (Å²) < 4.78 is 13.1. The van der Waals surface area contributed by atoms with Gasteiger partial charge in [0, 0.05) is 18.1 Å². The Morgan fingerprint density at radius 3 is 2.84 bits per heavy atom. The molecule has 3 aromatic rings. The van der Waals surface area contributed by atoms with Crippen molar-refractivity contribution in [3.63, 3.8) is 0 Å². The first-order valence-corrected chi connectivity index (χ1v) is 8.28. The number of ether oxygens (including phenoxy) is 2. The standard InChI is InChI=1S/C20H18N2O3/c23-20(19-10-7-16-3-1-2-4-18(16)25-19)24-13-15-5-8-17(9-6-15)22-12-11-21-14-22/h1-6,8-9,11-12,14,19H,7,10,13H2. The van der Waals surface area contributed by atoms with Crippen LogP contribution >= 0.6 is 0 Å². The van der Waals surface area contributed by atoms with Gasteiger partial charge >= 0.3 is 5.97 Å². The molecule has 0 saturated carbocycles. The molecule has 1 aromatic heterocycles. The maximum Gasteiger partial charge on any atom is 0.347 e. The van der Waals surface area contributed by atoms with E-state index in [1.807, 2.05) is 59.3 Å². The monoisotopic (exact) mass is 334 g/mol. The summed E-state index contributed by atoms with van der Waals surface area (Å²) >= 11 is 0. The number of nitrogens with zero attached hydrogens (tertiary/aromatic N) is 2. The Hall–Kier alpha value is -3.08. The highest BCUT2D eigenvalue weighted by molar-refractivity contribution is 5.75. The number of fused-ring (bicyclic) bond motifs is 1. The average molecular weight is 334 g/mol. The van der Waals surface area contributed by atoms with E-state index < -0.39 is 6.10 Å². The Balaban J connectivity index is 1.35. The molecule has 5 nitrogen and oxygen atoms in total. The fourth-order valence-corrected chi connectivity index (χ4v) is 2.91. The minimum atomic E-state index is -0.528. The van der Waals surface area contributed by atoms with Gasteiger partial charge in [0.2, 0.25) is 0 Å². The lowest BCUT2D eigenvalue weighted by molar-refractivity contribution is -0.154. The minimum absolute atomic E-state index is 0.241. The van der Waals surface area contributed by atoms with E-state index in [1.54, 1.807) is 12.5 Å². The Morgan fingerprint density at radius 2 is 2.04 bits per heavy atom. The highest BCUT2D eigenvalue weighted by Crippen LogP contribution is 2.27. The molecule has 0 fully saturated rings. The lowest BCUT2D eigenvalue weighted by atomic mass is 10.0. The van der Waals surface area contributed by atoms with Crippen LogP contribution in [0.5, 0.6) is 5.75 Å². The molecule has 1 aliphatic rings. The lowest BCUT2D eigenvalue weighted by Gasteiger charge is -2.24. The van der Waals surface area contributed by atoms with Gasteiger partial charge in [0.25, 0.3) is 0 Å². The Morgan fingerprint density at radius 1 is 1.20 bits per heavy atom. The molecular formula is C20H18N2O3. The van der Waals surface area contributed by atoms with E-state index in [9.17, 15) is 4.79 Å². The summed E-state index contributed by atoms with van der Waals surface area (Å²) in [5.41, 5.74) is 3.09.